The first-order chi connectivity index (χ1) is 15.2. The fourth-order valence-electron chi connectivity index (χ4n) is 4.11. The summed E-state index contributed by atoms with van der Waals surface area (Å²) in [5.41, 5.74) is 3.02. The topological polar surface area (TPSA) is 73.4 Å². The van der Waals surface area contributed by atoms with Crippen LogP contribution in [0, 0.1) is 0 Å². The predicted octanol–water partition coefficient (Wildman–Crippen LogP) is 3.99. The van der Waals surface area contributed by atoms with E-state index in [0.29, 0.717) is 30.8 Å². The number of hydrogen-bond donors (Lipinski definition) is 0. The number of carbonyl (C=O) groups excluding carboxylic acids is 1. The summed E-state index contributed by atoms with van der Waals surface area (Å²) in [5.74, 6) is 0.795. The molecule has 0 spiro atoms. The Morgan fingerprint density at radius 2 is 1.97 bits per heavy atom. The lowest BCUT2D eigenvalue weighted by atomic mass is 10.0. The summed E-state index contributed by atoms with van der Waals surface area (Å²) in [6, 6.07) is 15.6. The Kier molecular flexibility index (Phi) is 5.26. The van der Waals surface area contributed by atoms with Crippen LogP contribution in [0.2, 0.25) is 0 Å². The molecule has 1 saturated heterocycles. The molecule has 1 aliphatic rings. The van der Waals surface area contributed by atoms with E-state index >= 15 is 0 Å². The van der Waals surface area contributed by atoms with Crippen LogP contribution in [0.5, 0.6) is 0 Å². The van der Waals surface area contributed by atoms with E-state index < -0.39 is 0 Å². The predicted molar refractivity (Wildman–Crippen MR) is 117 cm³/mol. The maximum Gasteiger partial charge on any atom is 0.254 e. The first kappa shape index (κ1) is 19.5. The van der Waals surface area contributed by atoms with Gasteiger partial charge in [0.25, 0.3) is 5.91 Å². The number of methoxy groups -OCH3 is 1. The van der Waals surface area contributed by atoms with Gasteiger partial charge in [-0.15, -0.1) is 0 Å². The van der Waals surface area contributed by atoms with Crippen LogP contribution in [0.15, 0.2) is 65.4 Å². The second-order valence-electron chi connectivity index (χ2n) is 7.77. The molecule has 7 heteroatoms. The average Bonchev–Trinajstić information content (AvgIpc) is 3.49. The van der Waals surface area contributed by atoms with Gasteiger partial charge in [-0.3, -0.25) is 4.79 Å². The van der Waals surface area contributed by atoms with Gasteiger partial charge in [0.2, 0.25) is 0 Å². The lowest BCUT2D eigenvalue weighted by Crippen LogP contribution is -2.40. The molecule has 1 aromatic carbocycles. The maximum atomic E-state index is 13.5. The zero-order valence-corrected chi connectivity index (χ0v) is 17.4. The summed E-state index contributed by atoms with van der Waals surface area (Å²) >= 11 is 0. The number of furan rings is 1. The van der Waals surface area contributed by atoms with Crippen LogP contribution in [-0.2, 0) is 11.3 Å². The summed E-state index contributed by atoms with van der Waals surface area (Å²) in [5, 5.41) is 5.28. The van der Waals surface area contributed by atoms with Crippen LogP contribution in [0.25, 0.3) is 22.3 Å². The number of carbonyl (C=O) groups is 1. The van der Waals surface area contributed by atoms with Gasteiger partial charge < -0.3 is 14.1 Å². The van der Waals surface area contributed by atoms with Gasteiger partial charge in [0.15, 0.2) is 5.65 Å². The van der Waals surface area contributed by atoms with Crippen molar-refractivity contribution in [2.24, 2.45) is 0 Å². The molecule has 0 bridgehead atoms. The van der Waals surface area contributed by atoms with Gasteiger partial charge in [-0.05, 0) is 31.0 Å². The standard InChI is InChI=1S/C24H24N4O3/c1-30-18-9-11-27(12-10-18)24(29)20-14-22(17-6-3-2-4-7-17)26-23-21(20)15-25-28(23)16-19-8-5-13-31-19/h2-8,13-15,18H,9-12,16H2,1H3. The summed E-state index contributed by atoms with van der Waals surface area (Å²) in [6.07, 6.45) is 5.29. The van der Waals surface area contributed by atoms with E-state index in [1.165, 1.54) is 0 Å². The fourth-order valence-corrected chi connectivity index (χ4v) is 4.11. The molecule has 4 heterocycles. The Bertz CT molecular complexity index is 1180. The minimum Gasteiger partial charge on any atom is -0.467 e. The van der Waals surface area contributed by atoms with Crippen LogP contribution < -0.4 is 0 Å². The van der Waals surface area contributed by atoms with Crippen molar-refractivity contribution in [1.82, 2.24) is 19.7 Å². The van der Waals surface area contributed by atoms with Gasteiger partial charge >= 0.3 is 0 Å². The van der Waals surface area contributed by atoms with Crippen LogP contribution in [-0.4, -0.2) is 51.9 Å². The Balaban J connectivity index is 1.57. The highest BCUT2D eigenvalue weighted by atomic mass is 16.5. The molecule has 1 fully saturated rings. The maximum absolute atomic E-state index is 13.5. The Morgan fingerprint density at radius 1 is 1.16 bits per heavy atom. The highest BCUT2D eigenvalue weighted by Crippen LogP contribution is 2.27. The lowest BCUT2D eigenvalue weighted by molar-refractivity contribution is 0.0352. The van der Waals surface area contributed by atoms with Gasteiger partial charge in [0.1, 0.15) is 12.3 Å². The average molecular weight is 416 g/mol. The van der Waals surface area contributed by atoms with Crippen LogP contribution >= 0.6 is 0 Å². The highest BCUT2D eigenvalue weighted by Gasteiger charge is 2.26. The number of piperidine rings is 1. The van der Waals surface area contributed by atoms with Crippen molar-refractivity contribution in [3.8, 4) is 11.3 Å². The first-order valence-electron chi connectivity index (χ1n) is 10.5. The summed E-state index contributed by atoms with van der Waals surface area (Å²) in [4.78, 5) is 20.3. The molecule has 158 valence electrons. The smallest absolute Gasteiger partial charge is 0.254 e. The molecule has 4 aromatic rings. The SMILES string of the molecule is COC1CCN(C(=O)c2cc(-c3ccccc3)nc3c2cnn3Cc2ccco2)CC1. The van der Waals surface area contributed by atoms with Gasteiger partial charge in [-0.25, -0.2) is 9.67 Å². The van der Waals surface area contributed by atoms with E-state index in [4.69, 9.17) is 14.1 Å². The molecule has 1 amide bonds. The number of amides is 1. The van der Waals surface area contributed by atoms with E-state index in [1.807, 2.05) is 53.4 Å². The first-order valence-corrected chi connectivity index (χ1v) is 10.5. The number of aromatic nitrogens is 3. The zero-order valence-electron chi connectivity index (χ0n) is 17.4. The molecule has 0 atom stereocenters. The third-order valence-corrected chi connectivity index (χ3v) is 5.86. The number of pyridine rings is 1. The van der Waals surface area contributed by atoms with Crippen LogP contribution in [0.4, 0.5) is 0 Å². The zero-order chi connectivity index (χ0) is 21.2. The summed E-state index contributed by atoms with van der Waals surface area (Å²) in [7, 11) is 1.73. The fraction of sp³-hybridized carbons (Fsp3) is 0.292. The number of rotatable bonds is 5. The third kappa shape index (κ3) is 3.84. The summed E-state index contributed by atoms with van der Waals surface area (Å²) in [6.45, 7) is 1.82. The number of benzene rings is 1. The van der Waals surface area contributed by atoms with Crippen LogP contribution in [0.3, 0.4) is 0 Å². The van der Waals surface area contributed by atoms with E-state index in [1.54, 1.807) is 24.3 Å². The number of likely N-dealkylation sites (tertiary alicyclic amines) is 1. The van der Waals surface area contributed by atoms with Crippen molar-refractivity contribution in [2.45, 2.75) is 25.5 Å². The van der Waals surface area contributed by atoms with Crippen molar-refractivity contribution in [3.63, 3.8) is 0 Å². The molecule has 0 N–H and O–H groups in total. The highest BCUT2D eigenvalue weighted by molar-refractivity contribution is 6.06. The van der Waals surface area contributed by atoms with E-state index in [9.17, 15) is 4.79 Å². The molecule has 3 aromatic heterocycles. The van der Waals surface area contributed by atoms with Crippen molar-refractivity contribution in [1.29, 1.82) is 0 Å². The minimum atomic E-state index is 0.0108. The van der Waals surface area contributed by atoms with Gasteiger partial charge in [-0.1, -0.05) is 30.3 Å². The number of nitrogens with zero attached hydrogens (tertiary/aromatic N) is 4. The van der Waals surface area contributed by atoms with Crippen molar-refractivity contribution >= 4 is 16.9 Å². The van der Waals surface area contributed by atoms with Gasteiger partial charge in [0, 0.05) is 25.8 Å². The minimum absolute atomic E-state index is 0.0108. The number of ether oxygens (including phenoxy) is 1. The van der Waals surface area contributed by atoms with E-state index in [0.717, 1.165) is 35.2 Å². The van der Waals surface area contributed by atoms with Crippen molar-refractivity contribution < 1.29 is 13.9 Å². The Morgan fingerprint density at radius 3 is 2.68 bits per heavy atom. The molecule has 7 nitrogen and oxygen atoms in total. The lowest BCUT2D eigenvalue weighted by Gasteiger charge is -2.31. The second kappa shape index (κ2) is 8.35. The van der Waals surface area contributed by atoms with Gasteiger partial charge in [-0.2, -0.15) is 5.10 Å². The molecule has 0 radical (unpaired) electrons. The van der Waals surface area contributed by atoms with Gasteiger partial charge in [0.05, 0.1) is 35.2 Å². The molecule has 1 aliphatic heterocycles. The van der Waals surface area contributed by atoms with Crippen molar-refractivity contribution in [2.75, 3.05) is 20.2 Å². The quantitative estimate of drug-likeness (QED) is 0.492. The molecule has 31 heavy (non-hydrogen) atoms. The van der Waals surface area contributed by atoms with Crippen molar-refractivity contribution in [3.05, 3.63) is 72.3 Å². The molecule has 0 aliphatic carbocycles. The molecular weight excluding hydrogens is 392 g/mol. The second-order valence-corrected chi connectivity index (χ2v) is 7.77. The Labute approximate surface area is 180 Å². The number of hydrogen-bond acceptors (Lipinski definition) is 5. The van der Waals surface area contributed by atoms with E-state index in [-0.39, 0.29) is 12.0 Å². The normalized spacial score (nSPS) is 14.9. The largest absolute Gasteiger partial charge is 0.467 e. The van der Waals surface area contributed by atoms with E-state index in [2.05, 4.69) is 5.10 Å². The molecule has 0 unspecified atom stereocenters. The molecule has 5 rings (SSSR count). The molecular formula is C24H24N4O3. The third-order valence-electron chi connectivity index (χ3n) is 5.86. The monoisotopic (exact) mass is 416 g/mol. The summed E-state index contributed by atoms with van der Waals surface area (Å²) < 4.78 is 12.7. The Hall–Kier alpha value is -3.45. The molecule has 0 saturated carbocycles. The number of fused-ring (bicyclic) bond motifs is 1. The van der Waals surface area contributed by atoms with Crippen LogP contribution in [0.1, 0.15) is 29.0 Å².